The number of hydrogen-bond donors (Lipinski definition) is 0. The Morgan fingerprint density at radius 3 is 3.00 bits per heavy atom. The molecule has 1 aliphatic rings. The Hall–Kier alpha value is -1.01. The first-order valence-corrected chi connectivity index (χ1v) is 4.08. The molecule has 66 valence electrons. The van der Waals surface area contributed by atoms with Crippen molar-refractivity contribution in [3.63, 3.8) is 0 Å². The summed E-state index contributed by atoms with van der Waals surface area (Å²) in [6, 6.07) is 0. The molecule has 3 heteroatoms. The van der Waals surface area contributed by atoms with Gasteiger partial charge in [-0.25, -0.2) is 0 Å². The maximum Gasteiger partial charge on any atom is 0.210 e. The number of rotatable bonds is 1. The maximum absolute atomic E-state index is 10.4. The minimum absolute atomic E-state index is 0.189. The van der Waals surface area contributed by atoms with E-state index >= 15 is 0 Å². The zero-order valence-corrected chi connectivity index (χ0v) is 7.13. The van der Waals surface area contributed by atoms with Gasteiger partial charge in [-0.3, -0.25) is 4.79 Å². The molecule has 0 saturated carbocycles. The molecule has 0 aromatic carbocycles. The molecule has 0 unspecified atom stereocenters. The Morgan fingerprint density at radius 1 is 1.58 bits per heavy atom. The van der Waals surface area contributed by atoms with E-state index in [-0.39, 0.29) is 12.1 Å². The van der Waals surface area contributed by atoms with Crippen LogP contribution in [0.25, 0.3) is 0 Å². The Bertz CT molecular complexity index is 206. The summed E-state index contributed by atoms with van der Waals surface area (Å²) in [7, 11) is 0. The summed E-state index contributed by atoms with van der Waals surface area (Å²) >= 11 is 0. The second kappa shape index (κ2) is 4.78. The Kier molecular flexibility index (Phi) is 3.62. The van der Waals surface area contributed by atoms with Crippen molar-refractivity contribution in [2.45, 2.75) is 32.5 Å². The van der Waals surface area contributed by atoms with Gasteiger partial charge in [-0.2, -0.15) is 0 Å². The maximum atomic E-state index is 10.4. The van der Waals surface area contributed by atoms with Crippen molar-refractivity contribution in [3.8, 4) is 12.0 Å². The van der Waals surface area contributed by atoms with E-state index in [4.69, 9.17) is 9.47 Å². The van der Waals surface area contributed by atoms with Crippen LogP contribution in [-0.4, -0.2) is 18.7 Å². The van der Waals surface area contributed by atoms with Crippen LogP contribution in [0.4, 0.5) is 0 Å². The lowest BCUT2D eigenvalue weighted by Crippen LogP contribution is -2.20. The molecule has 0 N–H and O–H groups in total. The first kappa shape index (κ1) is 9.08. The molecule has 0 aromatic heterocycles. The van der Waals surface area contributed by atoms with Gasteiger partial charge in [0.1, 0.15) is 6.11 Å². The fraction of sp³-hybridized carbons (Fsp3) is 0.667. The predicted molar refractivity (Wildman–Crippen MR) is 43.1 cm³/mol. The highest BCUT2D eigenvalue weighted by Gasteiger charge is 2.13. The zero-order valence-electron chi connectivity index (χ0n) is 7.13. The molecule has 1 atom stereocenters. The molecule has 1 aliphatic heterocycles. The summed E-state index contributed by atoms with van der Waals surface area (Å²) in [4.78, 5) is 10.4. The number of hydrogen-bond acceptors (Lipinski definition) is 3. The Balaban J connectivity index is 2.22. The smallest absolute Gasteiger partial charge is 0.210 e. The summed E-state index contributed by atoms with van der Waals surface area (Å²) in [5.74, 6) is 2.11. The standard InChI is InChI=1S/C9H12O3/c1-8(10)5-7-12-9-4-2-3-6-11-9/h9H,2-4,6H2,1H3/t9-/m0/s1. The van der Waals surface area contributed by atoms with Crippen molar-refractivity contribution >= 4 is 5.78 Å². The van der Waals surface area contributed by atoms with Crippen LogP contribution in [0.1, 0.15) is 26.2 Å². The predicted octanol–water partition coefficient (Wildman–Crippen LogP) is 1.08. The highest BCUT2D eigenvalue weighted by Crippen LogP contribution is 2.12. The Morgan fingerprint density at radius 2 is 2.42 bits per heavy atom. The van der Waals surface area contributed by atoms with Gasteiger partial charge in [0, 0.05) is 19.3 Å². The van der Waals surface area contributed by atoms with E-state index in [9.17, 15) is 4.79 Å². The summed E-state index contributed by atoms with van der Waals surface area (Å²) in [5, 5.41) is 0. The van der Waals surface area contributed by atoms with Crippen LogP contribution >= 0.6 is 0 Å². The van der Waals surface area contributed by atoms with Gasteiger partial charge in [-0.05, 0) is 12.8 Å². The number of ether oxygens (including phenoxy) is 2. The van der Waals surface area contributed by atoms with Crippen molar-refractivity contribution in [1.29, 1.82) is 0 Å². The van der Waals surface area contributed by atoms with E-state index in [2.05, 4.69) is 12.0 Å². The van der Waals surface area contributed by atoms with E-state index in [1.54, 1.807) is 0 Å². The van der Waals surface area contributed by atoms with Gasteiger partial charge < -0.3 is 9.47 Å². The molecular formula is C9H12O3. The SMILES string of the molecule is CC(=O)C#CO[C@H]1CCCCO1. The molecule has 1 fully saturated rings. The van der Waals surface area contributed by atoms with Crippen LogP contribution in [0.3, 0.4) is 0 Å². The van der Waals surface area contributed by atoms with E-state index < -0.39 is 0 Å². The molecule has 0 amide bonds. The van der Waals surface area contributed by atoms with Crippen molar-refractivity contribution in [2.75, 3.05) is 6.61 Å². The molecular weight excluding hydrogens is 156 g/mol. The van der Waals surface area contributed by atoms with Crippen LogP contribution < -0.4 is 0 Å². The normalized spacial score (nSPS) is 22.2. The van der Waals surface area contributed by atoms with Gasteiger partial charge in [0.2, 0.25) is 12.1 Å². The van der Waals surface area contributed by atoms with E-state index in [1.165, 1.54) is 6.92 Å². The summed E-state index contributed by atoms with van der Waals surface area (Å²) in [6.45, 7) is 2.13. The van der Waals surface area contributed by atoms with Crippen molar-refractivity contribution in [3.05, 3.63) is 0 Å². The van der Waals surface area contributed by atoms with Crippen molar-refractivity contribution < 1.29 is 14.3 Å². The zero-order chi connectivity index (χ0) is 8.81. The largest absolute Gasteiger partial charge is 0.414 e. The van der Waals surface area contributed by atoms with Crippen LogP contribution in [0.2, 0.25) is 0 Å². The number of ketones is 1. The molecule has 0 radical (unpaired) electrons. The summed E-state index contributed by atoms with van der Waals surface area (Å²) < 4.78 is 10.2. The van der Waals surface area contributed by atoms with Gasteiger partial charge in [-0.15, -0.1) is 0 Å². The lowest BCUT2D eigenvalue weighted by Gasteiger charge is -2.19. The molecule has 0 spiro atoms. The molecule has 1 saturated heterocycles. The van der Waals surface area contributed by atoms with Crippen LogP contribution in [-0.2, 0) is 14.3 Å². The molecule has 12 heavy (non-hydrogen) atoms. The van der Waals surface area contributed by atoms with Crippen LogP contribution in [0.5, 0.6) is 0 Å². The van der Waals surface area contributed by atoms with Crippen molar-refractivity contribution in [1.82, 2.24) is 0 Å². The molecule has 0 bridgehead atoms. The first-order valence-electron chi connectivity index (χ1n) is 4.08. The summed E-state index contributed by atoms with van der Waals surface area (Å²) in [6.07, 6.45) is 5.15. The third-order valence-corrected chi connectivity index (χ3v) is 1.56. The van der Waals surface area contributed by atoms with E-state index in [0.29, 0.717) is 0 Å². The highest BCUT2D eigenvalue weighted by atomic mass is 16.7. The second-order valence-electron chi connectivity index (χ2n) is 2.70. The number of Topliss-reactive ketones (excluding diaryl/α,β-unsaturated/α-hetero) is 1. The van der Waals surface area contributed by atoms with E-state index in [0.717, 1.165) is 25.9 Å². The third-order valence-electron chi connectivity index (χ3n) is 1.56. The molecule has 1 rings (SSSR count). The van der Waals surface area contributed by atoms with Gasteiger partial charge in [-0.1, -0.05) is 0 Å². The van der Waals surface area contributed by atoms with Gasteiger partial charge >= 0.3 is 0 Å². The molecule has 0 aromatic rings. The van der Waals surface area contributed by atoms with Crippen LogP contribution in [0.15, 0.2) is 0 Å². The molecule has 0 aliphatic carbocycles. The highest BCUT2D eigenvalue weighted by molar-refractivity contribution is 5.92. The first-order chi connectivity index (χ1) is 5.79. The summed E-state index contributed by atoms with van der Waals surface area (Å²) in [5.41, 5.74) is 0. The monoisotopic (exact) mass is 168 g/mol. The fourth-order valence-electron chi connectivity index (χ4n) is 0.971. The molecule has 1 heterocycles. The fourth-order valence-corrected chi connectivity index (χ4v) is 0.971. The number of carbonyl (C=O) groups excluding carboxylic acids is 1. The van der Waals surface area contributed by atoms with Crippen LogP contribution in [0, 0.1) is 12.0 Å². The Labute approximate surface area is 72.0 Å². The minimum atomic E-state index is -0.231. The minimum Gasteiger partial charge on any atom is -0.414 e. The quantitative estimate of drug-likeness (QED) is 0.549. The molecule has 3 nitrogen and oxygen atoms in total. The lowest BCUT2D eigenvalue weighted by molar-refractivity contribution is -0.122. The lowest BCUT2D eigenvalue weighted by atomic mass is 10.2. The third kappa shape index (κ3) is 3.40. The average molecular weight is 168 g/mol. The average Bonchev–Trinajstić information content (AvgIpc) is 2.05. The topological polar surface area (TPSA) is 35.5 Å². The van der Waals surface area contributed by atoms with Gasteiger partial charge in [0.05, 0.1) is 6.61 Å². The van der Waals surface area contributed by atoms with Gasteiger partial charge in [0.25, 0.3) is 0 Å². The second-order valence-corrected chi connectivity index (χ2v) is 2.70. The number of carbonyl (C=O) groups is 1. The van der Waals surface area contributed by atoms with Crippen molar-refractivity contribution in [2.24, 2.45) is 0 Å². The van der Waals surface area contributed by atoms with Gasteiger partial charge in [0.15, 0.2) is 0 Å². The van der Waals surface area contributed by atoms with E-state index in [1.807, 2.05) is 0 Å².